The molecule has 12 heteroatoms. The van der Waals surface area contributed by atoms with Gasteiger partial charge in [0, 0.05) is 18.1 Å². The lowest BCUT2D eigenvalue weighted by Gasteiger charge is -2.14. The fourth-order valence-electron chi connectivity index (χ4n) is 2.26. The summed E-state index contributed by atoms with van der Waals surface area (Å²) in [6, 6.07) is 4.09. The van der Waals surface area contributed by atoms with Crippen LogP contribution in [0.25, 0.3) is 11.8 Å². The van der Waals surface area contributed by atoms with Crippen LogP contribution in [0, 0.1) is 0 Å². The second-order valence-corrected chi connectivity index (χ2v) is 6.19. The van der Waals surface area contributed by atoms with Crippen molar-refractivity contribution in [3.05, 3.63) is 66.4 Å². The van der Waals surface area contributed by atoms with Gasteiger partial charge in [-0.2, -0.15) is 13.2 Å². The molecule has 2 rings (SSSR count). The molecule has 0 aliphatic carbocycles. The predicted octanol–water partition coefficient (Wildman–Crippen LogP) is 2.47. The Hall–Kier alpha value is -2.56. The number of aromatic nitrogens is 2. The Morgan fingerprint density at radius 2 is 1.89 bits per heavy atom. The molecule has 150 valence electrons. The number of alkyl halides is 3. The number of benzene rings is 1. The quantitative estimate of drug-likeness (QED) is 0.588. The lowest BCUT2D eigenvalue weighted by atomic mass is 10.1. The van der Waals surface area contributed by atoms with E-state index in [1.165, 1.54) is 25.3 Å². The van der Waals surface area contributed by atoms with E-state index in [1.54, 1.807) is 0 Å². The van der Waals surface area contributed by atoms with Gasteiger partial charge in [0.25, 0.3) is 11.5 Å². The van der Waals surface area contributed by atoms with E-state index in [-0.39, 0.29) is 21.3 Å². The number of hydroxylamine groups is 1. The molecule has 1 aromatic carbocycles. The molecule has 7 nitrogen and oxygen atoms in total. The van der Waals surface area contributed by atoms with Gasteiger partial charge in [-0.3, -0.25) is 19.0 Å². The Morgan fingerprint density at radius 3 is 2.46 bits per heavy atom. The SMILES string of the molecule is CONC(=O)/C(Cl)=C/c1cc(-n2c(=O)cc(C(F)(F)F)n(C)c2=O)ccc1Cl. The molecule has 0 saturated carbocycles. The largest absolute Gasteiger partial charge is 0.431 e. The first-order valence-electron chi connectivity index (χ1n) is 7.38. The summed E-state index contributed by atoms with van der Waals surface area (Å²) in [7, 11) is 2.09. The molecule has 2 aromatic rings. The molecule has 0 fully saturated rings. The van der Waals surface area contributed by atoms with Crippen LogP contribution >= 0.6 is 23.2 Å². The fraction of sp³-hybridized carbons (Fsp3) is 0.188. The average molecular weight is 438 g/mol. The molecule has 0 aliphatic heterocycles. The van der Waals surface area contributed by atoms with Crippen molar-refractivity contribution in [1.29, 1.82) is 0 Å². The van der Waals surface area contributed by atoms with E-state index in [2.05, 4.69) is 4.84 Å². The van der Waals surface area contributed by atoms with Crippen molar-refractivity contribution in [2.75, 3.05) is 7.11 Å². The molecule has 0 spiro atoms. The third-order valence-electron chi connectivity index (χ3n) is 3.54. The first kappa shape index (κ1) is 21.7. The van der Waals surface area contributed by atoms with Crippen molar-refractivity contribution in [3.8, 4) is 5.69 Å². The molecule has 1 aromatic heterocycles. The predicted molar refractivity (Wildman–Crippen MR) is 96.3 cm³/mol. The molecule has 0 radical (unpaired) electrons. The third-order valence-corrected chi connectivity index (χ3v) is 4.17. The van der Waals surface area contributed by atoms with E-state index in [1.807, 2.05) is 5.48 Å². The molecule has 0 atom stereocenters. The Balaban J connectivity index is 2.64. The van der Waals surface area contributed by atoms with Crippen molar-refractivity contribution < 1.29 is 22.8 Å². The van der Waals surface area contributed by atoms with Gasteiger partial charge in [0.1, 0.15) is 10.7 Å². The van der Waals surface area contributed by atoms with Gasteiger partial charge in [-0.05, 0) is 29.8 Å². The van der Waals surface area contributed by atoms with Crippen molar-refractivity contribution in [2.45, 2.75) is 6.18 Å². The summed E-state index contributed by atoms with van der Waals surface area (Å²) in [5, 5.41) is -0.211. The van der Waals surface area contributed by atoms with Crippen molar-refractivity contribution in [3.63, 3.8) is 0 Å². The van der Waals surface area contributed by atoms with E-state index in [4.69, 9.17) is 23.2 Å². The lowest BCUT2D eigenvalue weighted by molar-refractivity contribution is -0.144. The number of rotatable bonds is 4. The smallest absolute Gasteiger partial charge is 0.292 e. The van der Waals surface area contributed by atoms with E-state index in [0.29, 0.717) is 15.2 Å². The number of hydrogen-bond donors (Lipinski definition) is 1. The Kier molecular flexibility index (Phi) is 6.37. The highest BCUT2D eigenvalue weighted by molar-refractivity contribution is 6.44. The van der Waals surface area contributed by atoms with Crippen LogP contribution in [0.1, 0.15) is 11.3 Å². The maximum atomic E-state index is 12.9. The van der Waals surface area contributed by atoms with E-state index in [9.17, 15) is 27.6 Å². The van der Waals surface area contributed by atoms with E-state index < -0.39 is 29.0 Å². The molecule has 0 saturated heterocycles. The molecular weight excluding hydrogens is 426 g/mol. The minimum atomic E-state index is -4.87. The molecule has 1 N–H and O–H groups in total. The van der Waals surface area contributed by atoms with Crippen molar-refractivity contribution in [2.24, 2.45) is 7.05 Å². The number of amides is 1. The van der Waals surface area contributed by atoms with Crippen LogP contribution in [0.4, 0.5) is 13.2 Å². The van der Waals surface area contributed by atoms with Crippen LogP contribution in [0.2, 0.25) is 5.02 Å². The number of carbonyl (C=O) groups excluding carboxylic acids is 1. The van der Waals surface area contributed by atoms with Crippen molar-refractivity contribution in [1.82, 2.24) is 14.6 Å². The summed E-state index contributed by atoms with van der Waals surface area (Å²) < 4.78 is 39.7. The topological polar surface area (TPSA) is 82.3 Å². The minimum absolute atomic E-state index is 0.0633. The third kappa shape index (κ3) is 4.46. The molecule has 0 bridgehead atoms. The van der Waals surface area contributed by atoms with Crippen LogP contribution in [-0.4, -0.2) is 22.2 Å². The first-order valence-corrected chi connectivity index (χ1v) is 8.13. The lowest BCUT2D eigenvalue weighted by Crippen LogP contribution is -2.40. The monoisotopic (exact) mass is 437 g/mol. The van der Waals surface area contributed by atoms with Gasteiger partial charge in [-0.25, -0.2) is 14.8 Å². The molecule has 28 heavy (non-hydrogen) atoms. The zero-order valence-corrected chi connectivity index (χ0v) is 15.8. The summed E-state index contributed by atoms with van der Waals surface area (Å²) in [5.74, 6) is -0.784. The number of halogens is 5. The summed E-state index contributed by atoms with van der Waals surface area (Å²) in [5.41, 5.74) is -1.72. The highest BCUT2D eigenvalue weighted by Crippen LogP contribution is 2.27. The zero-order valence-electron chi connectivity index (χ0n) is 14.3. The van der Waals surface area contributed by atoms with Crippen LogP contribution < -0.4 is 16.7 Å². The standard InChI is InChI=1S/C16H12Cl2F3N3O4/c1-23-12(16(19,20)21)7-13(25)24(15(23)27)9-3-4-10(17)8(5-9)6-11(18)14(26)22-28-2/h3-7H,1-2H3,(H,22,26)/b11-6-. The molecule has 1 heterocycles. The van der Waals surface area contributed by atoms with Crippen LogP contribution in [0.15, 0.2) is 38.9 Å². The second-order valence-electron chi connectivity index (χ2n) is 5.38. The second kappa shape index (κ2) is 8.21. The zero-order chi connectivity index (χ0) is 21.2. The van der Waals surface area contributed by atoms with Gasteiger partial charge in [0.15, 0.2) is 0 Å². The Morgan fingerprint density at radius 1 is 1.25 bits per heavy atom. The van der Waals surface area contributed by atoms with Gasteiger partial charge in [-0.15, -0.1) is 0 Å². The van der Waals surface area contributed by atoms with Crippen LogP contribution in [0.5, 0.6) is 0 Å². The van der Waals surface area contributed by atoms with E-state index in [0.717, 1.165) is 13.1 Å². The highest BCUT2D eigenvalue weighted by Gasteiger charge is 2.35. The van der Waals surface area contributed by atoms with Gasteiger partial charge in [-0.1, -0.05) is 23.2 Å². The summed E-state index contributed by atoms with van der Waals surface area (Å²) in [6.45, 7) is 0. The number of hydrogen-bond acceptors (Lipinski definition) is 4. The van der Waals surface area contributed by atoms with Crippen molar-refractivity contribution >= 4 is 35.2 Å². The average Bonchev–Trinajstić information content (AvgIpc) is 2.60. The van der Waals surface area contributed by atoms with Gasteiger partial charge in [0.05, 0.1) is 12.8 Å². The number of nitrogens with one attached hydrogen (secondary N) is 1. The maximum absolute atomic E-state index is 12.9. The van der Waals surface area contributed by atoms with Gasteiger partial charge < -0.3 is 0 Å². The minimum Gasteiger partial charge on any atom is -0.292 e. The summed E-state index contributed by atoms with van der Waals surface area (Å²) >= 11 is 11.8. The molecule has 1 amide bonds. The first-order chi connectivity index (χ1) is 13.0. The molecule has 0 aliphatic rings. The van der Waals surface area contributed by atoms with E-state index >= 15 is 0 Å². The Labute approximate surface area is 165 Å². The van der Waals surface area contributed by atoms with Gasteiger partial charge in [0.2, 0.25) is 0 Å². The Bertz CT molecular complexity index is 1070. The number of carbonyl (C=O) groups is 1. The van der Waals surface area contributed by atoms with Crippen LogP contribution in [-0.2, 0) is 22.9 Å². The number of nitrogens with zero attached hydrogens (tertiary/aromatic N) is 2. The normalized spacial score (nSPS) is 12.2. The fourth-order valence-corrected chi connectivity index (χ4v) is 2.59. The summed E-state index contributed by atoms with van der Waals surface area (Å²) in [6.07, 6.45) is -3.73. The maximum Gasteiger partial charge on any atom is 0.431 e. The highest BCUT2D eigenvalue weighted by atomic mass is 35.5. The molecule has 0 unspecified atom stereocenters. The molecular formula is C16H12Cl2F3N3O4. The summed E-state index contributed by atoms with van der Waals surface area (Å²) in [4.78, 5) is 40.5. The van der Waals surface area contributed by atoms with Gasteiger partial charge >= 0.3 is 11.9 Å². The van der Waals surface area contributed by atoms with Crippen LogP contribution in [0.3, 0.4) is 0 Å².